The average molecular weight is 232 g/mol. The summed E-state index contributed by atoms with van der Waals surface area (Å²) in [6.07, 6.45) is -0.316. The normalized spacial score (nSPS) is 14.4. The minimum atomic E-state index is -0.316. The standard InChI is InChI=1S/C12H28N2O2/c1-12(2,3)10-14(4)9-11(15)8-13-6-7-16-5/h11,13,15H,6-10H2,1-5H3. The van der Waals surface area contributed by atoms with E-state index in [-0.39, 0.29) is 11.5 Å². The van der Waals surface area contributed by atoms with Crippen molar-refractivity contribution in [3.8, 4) is 0 Å². The molecule has 0 spiro atoms. The van der Waals surface area contributed by atoms with E-state index in [0.717, 1.165) is 13.1 Å². The van der Waals surface area contributed by atoms with Crippen LogP contribution in [0.15, 0.2) is 0 Å². The summed E-state index contributed by atoms with van der Waals surface area (Å²) in [4.78, 5) is 2.17. The molecule has 0 saturated heterocycles. The first-order valence-electron chi connectivity index (χ1n) is 5.91. The molecule has 0 rings (SSSR count). The largest absolute Gasteiger partial charge is 0.390 e. The molecule has 0 aromatic carbocycles. The number of methoxy groups -OCH3 is 1. The van der Waals surface area contributed by atoms with Crippen molar-refractivity contribution in [3.05, 3.63) is 0 Å². The molecular weight excluding hydrogens is 204 g/mol. The van der Waals surface area contributed by atoms with Crippen LogP contribution < -0.4 is 5.32 Å². The van der Waals surface area contributed by atoms with Gasteiger partial charge in [0.05, 0.1) is 12.7 Å². The van der Waals surface area contributed by atoms with Crippen LogP contribution in [0.25, 0.3) is 0 Å². The fraction of sp³-hybridized carbons (Fsp3) is 1.00. The van der Waals surface area contributed by atoms with E-state index in [2.05, 4.69) is 31.0 Å². The maximum Gasteiger partial charge on any atom is 0.0791 e. The predicted octanol–water partition coefficient (Wildman–Crippen LogP) is 0.561. The molecule has 16 heavy (non-hydrogen) atoms. The third-order valence-electron chi connectivity index (χ3n) is 2.13. The number of likely N-dealkylation sites (N-methyl/N-ethyl adjacent to an activating group) is 1. The highest BCUT2D eigenvalue weighted by molar-refractivity contribution is 4.70. The first-order chi connectivity index (χ1) is 7.35. The Labute approximate surface area is 100.0 Å². The summed E-state index contributed by atoms with van der Waals surface area (Å²) in [6.45, 7) is 10.4. The second kappa shape index (κ2) is 8.01. The number of hydrogen-bond donors (Lipinski definition) is 2. The van der Waals surface area contributed by atoms with Crippen LogP contribution in [0.2, 0.25) is 0 Å². The molecule has 2 N–H and O–H groups in total. The Bertz CT molecular complexity index is 169. The number of rotatable bonds is 8. The number of aliphatic hydroxyl groups excluding tert-OH is 1. The van der Waals surface area contributed by atoms with Crippen molar-refractivity contribution in [2.75, 3.05) is 46.9 Å². The minimum absolute atomic E-state index is 0.276. The topological polar surface area (TPSA) is 44.7 Å². The van der Waals surface area contributed by atoms with Gasteiger partial charge < -0.3 is 20.1 Å². The van der Waals surface area contributed by atoms with E-state index < -0.39 is 0 Å². The Morgan fingerprint density at radius 1 is 1.38 bits per heavy atom. The van der Waals surface area contributed by atoms with Crippen LogP contribution in [0.1, 0.15) is 20.8 Å². The van der Waals surface area contributed by atoms with Crippen molar-refractivity contribution in [3.63, 3.8) is 0 Å². The molecule has 1 unspecified atom stereocenters. The van der Waals surface area contributed by atoms with E-state index in [1.807, 2.05) is 7.05 Å². The molecule has 0 fully saturated rings. The van der Waals surface area contributed by atoms with Crippen molar-refractivity contribution in [1.82, 2.24) is 10.2 Å². The molecule has 0 aromatic heterocycles. The molecule has 0 radical (unpaired) electrons. The summed E-state index contributed by atoms with van der Waals surface area (Å²) in [7, 11) is 3.72. The smallest absolute Gasteiger partial charge is 0.0791 e. The Morgan fingerprint density at radius 3 is 2.50 bits per heavy atom. The molecule has 0 heterocycles. The van der Waals surface area contributed by atoms with Crippen LogP contribution in [-0.2, 0) is 4.74 Å². The molecule has 0 aliphatic heterocycles. The van der Waals surface area contributed by atoms with Gasteiger partial charge in [-0.3, -0.25) is 0 Å². The highest BCUT2D eigenvalue weighted by Gasteiger charge is 2.15. The average Bonchev–Trinajstić information content (AvgIpc) is 2.09. The van der Waals surface area contributed by atoms with Crippen molar-refractivity contribution in [2.45, 2.75) is 26.9 Å². The van der Waals surface area contributed by atoms with E-state index >= 15 is 0 Å². The number of nitrogens with zero attached hydrogens (tertiary/aromatic N) is 1. The summed E-state index contributed by atoms with van der Waals surface area (Å²) in [5, 5.41) is 12.9. The molecular formula is C12H28N2O2. The zero-order valence-electron chi connectivity index (χ0n) is 11.4. The van der Waals surface area contributed by atoms with Crippen molar-refractivity contribution >= 4 is 0 Å². The maximum absolute atomic E-state index is 9.77. The maximum atomic E-state index is 9.77. The summed E-state index contributed by atoms with van der Waals surface area (Å²) in [5.41, 5.74) is 0.276. The van der Waals surface area contributed by atoms with Gasteiger partial charge in [-0.2, -0.15) is 0 Å². The lowest BCUT2D eigenvalue weighted by Crippen LogP contribution is -2.40. The van der Waals surface area contributed by atoms with E-state index in [1.54, 1.807) is 7.11 Å². The van der Waals surface area contributed by atoms with E-state index in [1.165, 1.54) is 0 Å². The zero-order chi connectivity index (χ0) is 12.6. The van der Waals surface area contributed by atoms with Crippen molar-refractivity contribution in [2.24, 2.45) is 5.41 Å². The quantitative estimate of drug-likeness (QED) is 0.600. The molecule has 4 nitrogen and oxygen atoms in total. The molecule has 1 atom stereocenters. The first kappa shape index (κ1) is 15.8. The van der Waals surface area contributed by atoms with Crippen molar-refractivity contribution < 1.29 is 9.84 Å². The predicted molar refractivity (Wildman–Crippen MR) is 67.7 cm³/mol. The van der Waals surface area contributed by atoms with E-state index in [9.17, 15) is 5.11 Å². The van der Waals surface area contributed by atoms with Gasteiger partial charge in [0.15, 0.2) is 0 Å². The molecule has 0 amide bonds. The number of hydrogen-bond acceptors (Lipinski definition) is 4. The fourth-order valence-corrected chi connectivity index (χ4v) is 1.74. The first-order valence-corrected chi connectivity index (χ1v) is 5.91. The summed E-state index contributed by atoms with van der Waals surface area (Å²) >= 11 is 0. The fourth-order valence-electron chi connectivity index (χ4n) is 1.74. The molecule has 0 aliphatic rings. The van der Waals surface area contributed by atoms with E-state index in [0.29, 0.717) is 19.7 Å². The van der Waals surface area contributed by atoms with E-state index in [4.69, 9.17) is 4.74 Å². The van der Waals surface area contributed by atoms with Crippen LogP contribution in [0.5, 0.6) is 0 Å². The van der Waals surface area contributed by atoms with Crippen LogP contribution in [-0.4, -0.2) is 63.1 Å². The van der Waals surface area contributed by atoms with Gasteiger partial charge in [0, 0.05) is 33.3 Å². The number of ether oxygens (including phenoxy) is 1. The Balaban J connectivity index is 3.58. The lowest BCUT2D eigenvalue weighted by Gasteiger charge is -2.28. The highest BCUT2D eigenvalue weighted by Crippen LogP contribution is 2.13. The summed E-state index contributed by atoms with van der Waals surface area (Å²) < 4.78 is 4.92. The van der Waals surface area contributed by atoms with Crippen LogP contribution in [0, 0.1) is 5.41 Å². The lowest BCUT2D eigenvalue weighted by molar-refractivity contribution is 0.104. The zero-order valence-corrected chi connectivity index (χ0v) is 11.4. The monoisotopic (exact) mass is 232 g/mol. The number of aliphatic hydroxyl groups is 1. The Hall–Kier alpha value is -0.160. The summed E-state index contributed by atoms with van der Waals surface area (Å²) in [6, 6.07) is 0. The van der Waals surface area contributed by atoms with Gasteiger partial charge in [-0.05, 0) is 12.5 Å². The van der Waals surface area contributed by atoms with Gasteiger partial charge in [0.25, 0.3) is 0 Å². The number of nitrogens with one attached hydrogen (secondary N) is 1. The molecule has 0 saturated carbocycles. The molecule has 0 aliphatic carbocycles. The lowest BCUT2D eigenvalue weighted by atomic mass is 9.96. The second-order valence-corrected chi connectivity index (χ2v) is 5.61. The van der Waals surface area contributed by atoms with Gasteiger partial charge in [-0.15, -0.1) is 0 Å². The van der Waals surface area contributed by atoms with Crippen LogP contribution >= 0.6 is 0 Å². The highest BCUT2D eigenvalue weighted by atomic mass is 16.5. The van der Waals surface area contributed by atoms with Crippen molar-refractivity contribution in [1.29, 1.82) is 0 Å². The molecule has 98 valence electrons. The van der Waals surface area contributed by atoms with Gasteiger partial charge in [-0.1, -0.05) is 20.8 Å². The molecule has 0 aromatic rings. The van der Waals surface area contributed by atoms with Gasteiger partial charge in [0.1, 0.15) is 0 Å². The van der Waals surface area contributed by atoms with Crippen LogP contribution in [0.3, 0.4) is 0 Å². The van der Waals surface area contributed by atoms with Gasteiger partial charge >= 0.3 is 0 Å². The third kappa shape index (κ3) is 10.4. The Kier molecular flexibility index (Phi) is 7.93. The minimum Gasteiger partial charge on any atom is -0.390 e. The summed E-state index contributed by atoms with van der Waals surface area (Å²) in [5.74, 6) is 0. The second-order valence-electron chi connectivity index (χ2n) is 5.61. The molecule has 4 heteroatoms. The SMILES string of the molecule is COCCNCC(O)CN(C)CC(C)(C)C. The third-order valence-corrected chi connectivity index (χ3v) is 2.13. The van der Waals surface area contributed by atoms with Gasteiger partial charge in [-0.25, -0.2) is 0 Å². The van der Waals surface area contributed by atoms with Crippen LogP contribution in [0.4, 0.5) is 0 Å². The molecule has 0 bridgehead atoms. The van der Waals surface area contributed by atoms with Gasteiger partial charge in [0.2, 0.25) is 0 Å². The Morgan fingerprint density at radius 2 is 2.00 bits per heavy atom.